The molecular formula is C31H34N4O5. The predicted molar refractivity (Wildman–Crippen MR) is 150 cm³/mol. The van der Waals surface area contributed by atoms with E-state index in [9.17, 15) is 9.59 Å². The number of carbonyl (C=O) groups is 2. The summed E-state index contributed by atoms with van der Waals surface area (Å²) in [7, 11) is 0. The fourth-order valence-electron chi connectivity index (χ4n) is 4.06. The normalized spacial score (nSPS) is 11.5. The zero-order valence-electron chi connectivity index (χ0n) is 22.3. The minimum atomic E-state index is -0.854. The molecule has 1 atom stereocenters. The number of nitrogens with one attached hydrogen (secondary N) is 1. The van der Waals surface area contributed by atoms with Crippen LogP contribution in [-0.4, -0.2) is 41.2 Å². The lowest BCUT2D eigenvalue weighted by molar-refractivity contribution is 0.0896. The number of Topliss-reactive ketones (excluding diaryl/α,β-unsaturated/α-hetero) is 1. The summed E-state index contributed by atoms with van der Waals surface area (Å²) in [5.74, 6) is 0.544. The fraction of sp³-hybridized carbons (Fsp3) is 0.290. The van der Waals surface area contributed by atoms with Crippen LogP contribution < -0.4 is 15.8 Å². The largest absolute Gasteiger partial charge is 0.493 e. The van der Waals surface area contributed by atoms with Gasteiger partial charge < -0.3 is 25.0 Å². The highest BCUT2D eigenvalue weighted by molar-refractivity contribution is 5.98. The van der Waals surface area contributed by atoms with Gasteiger partial charge in [0.1, 0.15) is 12.4 Å². The molecule has 0 saturated carbocycles. The van der Waals surface area contributed by atoms with Crippen molar-refractivity contribution in [3.05, 3.63) is 113 Å². The highest BCUT2D eigenvalue weighted by Crippen LogP contribution is 2.16. The van der Waals surface area contributed by atoms with E-state index in [-0.39, 0.29) is 12.4 Å². The Morgan fingerprint density at radius 3 is 2.27 bits per heavy atom. The molecule has 208 valence electrons. The van der Waals surface area contributed by atoms with Crippen molar-refractivity contribution in [2.75, 3.05) is 13.2 Å². The number of carbonyl (C=O) groups excluding carboxylic acids is 2. The number of aromatic nitrogens is 2. The predicted octanol–water partition coefficient (Wildman–Crippen LogP) is 4.89. The molecule has 1 amide bonds. The summed E-state index contributed by atoms with van der Waals surface area (Å²) >= 11 is 0. The molecule has 0 saturated heterocycles. The van der Waals surface area contributed by atoms with Gasteiger partial charge in [0.25, 0.3) is 0 Å². The number of benzene rings is 3. The molecule has 40 heavy (non-hydrogen) atoms. The molecule has 3 aromatic carbocycles. The van der Waals surface area contributed by atoms with Gasteiger partial charge in [-0.1, -0.05) is 78.0 Å². The van der Waals surface area contributed by atoms with E-state index in [2.05, 4.69) is 27.6 Å². The van der Waals surface area contributed by atoms with Crippen LogP contribution in [0.2, 0.25) is 0 Å². The van der Waals surface area contributed by atoms with Gasteiger partial charge in [0, 0.05) is 6.42 Å². The highest BCUT2D eigenvalue weighted by Gasteiger charge is 2.27. The molecule has 0 aliphatic rings. The lowest BCUT2D eigenvalue weighted by Crippen LogP contribution is -2.41. The smallest absolute Gasteiger partial charge is 0.408 e. The van der Waals surface area contributed by atoms with Gasteiger partial charge in [0.15, 0.2) is 0 Å². The van der Waals surface area contributed by atoms with Crippen molar-refractivity contribution in [2.24, 2.45) is 5.73 Å². The summed E-state index contributed by atoms with van der Waals surface area (Å²) in [4.78, 5) is 29.9. The topological polar surface area (TPSA) is 130 Å². The molecule has 0 fully saturated rings. The van der Waals surface area contributed by atoms with E-state index in [4.69, 9.17) is 19.7 Å². The Bertz CT molecular complexity index is 1330. The maximum Gasteiger partial charge on any atom is 0.408 e. The summed E-state index contributed by atoms with van der Waals surface area (Å²) in [6.45, 7) is 1.17. The van der Waals surface area contributed by atoms with Crippen LogP contribution in [0.3, 0.4) is 0 Å². The zero-order chi connectivity index (χ0) is 28.0. The second-order valence-electron chi connectivity index (χ2n) is 9.32. The summed E-state index contributed by atoms with van der Waals surface area (Å²) in [6.07, 6.45) is 2.24. The zero-order valence-corrected chi connectivity index (χ0v) is 22.3. The van der Waals surface area contributed by atoms with E-state index in [0.29, 0.717) is 44.7 Å². The average Bonchev–Trinajstić information content (AvgIpc) is 3.46. The second-order valence-corrected chi connectivity index (χ2v) is 9.32. The van der Waals surface area contributed by atoms with E-state index >= 15 is 0 Å². The van der Waals surface area contributed by atoms with Gasteiger partial charge in [-0.05, 0) is 54.6 Å². The molecule has 9 heteroatoms. The van der Waals surface area contributed by atoms with E-state index in [1.165, 1.54) is 5.56 Å². The van der Waals surface area contributed by atoms with Crippen LogP contribution in [0, 0.1) is 0 Å². The van der Waals surface area contributed by atoms with Crippen LogP contribution in [0.1, 0.15) is 52.5 Å². The van der Waals surface area contributed by atoms with Crippen LogP contribution in [-0.2, 0) is 24.2 Å². The summed E-state index contributed by atoms with van der Waals surface area (Å²) in [6, 6.07) is 26.2. The maximum absolute atomic E-state index is 13.2. The number of hydrogen-bond acceptors (Lipinski definition) is 8. The molecule has 0 radical (unpaired) electrons. The molecule has 0 aliphatic carbocycles. The minimum Gasteiger partial charge on any atom is -0.493 e. The molecule has 1 unspecified atom stereocenters. The van der Waals surface area contributed by atoms with Crippen molar-refractivity contribution in [2.45, 2.75) is 44.8 Å². The summed E-state index contributed by atoms with van der Waals surface area (Å²) < 4.78 is 16.5. The van der Waals surface area contributed by atoms with Crippen LogP contribution in [0.15, 0.2) is 89.5 Å². The van der Waals surface area contributed by atoms with Gasteiger partial charge in [-0.15, -0.1) is 0 Å². The number of hydrogen-bond donors (Lipinski definition) is 2. The summed E-state index contributed by atoms with van der Waals surface area (Å²) in [5.41, 5.74) is 8.60. The monoisotopic (exact) mass is 542 g/mol. The van der Waals surface area contributed by atoms with Crippen molar-refractivity contribution in [1.29, 1.82) is 0 Å². The molecule has 9 nitrogen and oxygen atoms in total. The third-order valence-electron chi connectivity index (χ3n) is 6.24. The Morgan fingerprint density at radius 1 is 0.875 bits per heavy atom. The van der Waals surface area contributed by atoms with Crippen LogP contribution in [0.4, 0.5) is 4.79 Å². The van der Waals surface area contributed by atoms with Crippen molar-refractivity contribution in [3.8, 4) is 5.75 Å². The number of alkyl carbamates (subject to hydrolysis) is 1. The van der Waals surface area contributed by atoms with E-state index in [1.807, 2.05) is 72.8 Å². The van der Waals surface area contributed by atoms with E-state index in [0.717, 1.165) is 23.3 Å². The number of unbranched alkanes of at least 4 members (excludes halogenated alkanes) is 1. The van der Waals surface area contributed by atoms with Crippen molar-refractivity contribution in [1.82, 2.24) is 15.5 Å². The Morgan fingerprint density at radius 2 is 1.57 bits per heavy atom. The molecule has 1 heterocycles. The first-order chi connectivity index (χ1) is 19.6. The molecule has 0 bridgehead atoms. The van der Waals surface area contributed by atoms with Gasteiger partial charge in [-0.2, -0.15) is 4.98 Å². The lowest BCUT2D eigenvalue weighted by atomic mass is 10.0. The van der Waals surface area contributed by atoms with E-state index < -0.39 is 17.9 Å². The first-order valence-electron chi connectivity index (χ1n) is 13.4. The van der Waals surface area contributed by atoms with Crippen molar-refractivity contribution in [3.63, 3.8) is 0 Å². The Labute approximate surface area is 233 Å². The summed E-state index contributed by atoms with van der Waals surface area (Å²) in [5, 5.41) is 6.52. The van der Waals surface area contributed by atoms with Gasteiger partial charge in [0.05, 0.1) is 19.1 Å². The third-order valence-corrected chi connectivity index (χ3v) is 6.24. The Kier molecular flexibility index (Phi) is 10.8. The number of nitrogens with two attached hydrogens (primary N) is 1. The Balaban J connectivity index is 1.30. The fourth-order valence-corrected chi connectivity index (χ4v) is 4.06. The number of amides is 1. The first kappa shape index (κ1) is 28.5. The van der Waals surface area contributed by atoms with Gasteiger partial charge in [-0.3, -0.25) is 4.79 Å². The van der Waals surface area contributed by atoms with Crippen molar-refractivity contribution >= 4 is 11.9 Å². The minimum absolute atomic E-state index is 0.0861. The quantitative estimate of drug-likeness (QED) is 0.160. The average molecular weight is 543 g/mol. The highest BCUT2D eigenvalue weighted by atomic mass is 16.5. The number of nitrogens with zero attached hydrogens (tertiary/aromatic N) is 2. The number of ketones is 1. The van der Waals surface area contributed by atoms with Crippen LogP contribution in [0.25, 0.3) is 0 Å². The van der Waals surface area contributed by atoms with Gasteiger partial charge in [-0.25, -0.2) is 4.79 Å². The molecule has 0 spiro atoms. The molecular weight excluding hydrogens is 508 g/mol. The van der Waals surface area contributed by atoms with Crippen LogP contribution in [0.5, 0.6) is 5.75 Å². The van der Waals surface area contributed by atoms with Gasteiger partial charge in [0.2, 0.25) is 17.5 Å². The molecule has 0 aliphatic heterocycles. The molecule has 1 aromatic heterocycles. The molecule has 4 aromatic rings. The van der Waals surface area contributed by atoms with Crippen LogP contribution >= 0.6 is 0 Å². The van der Waals surface area contributed by atoms with E-state index in [1.54, 1.807) is 0 Å². The molecule has 3 N–H and O–H groups in total. The second kappa shape index (κ2) is 15.2. The maximum atomic E-state index is 13.2. The lowest BCUT2D eigenvalue weighted by Gasteiger charge is -2.16. The number of rotatable bonds is 15. The van der Waals surface area contributed by atoms with Crippen molar-refractivity contribution < 1.29 is 23.6 Å². The third kappa shape index (κ3) is 9.06. The molecule has 4 rings (SSSR count). The van der Waals surface area contributed by atoms with Gasteiger partial charge >= 0.3 is 6.09 Å². The number of ether oxygens (including phenoxy) is 2. The SMILES string of the molecule is NCCCCC(NC(=O)OCc1ccccc1)C(=O)c1noc(Cc2ccc(OCCc3ccccc3)cc2)n1. The first-order valence-corrected chi connectivity index (χ1v) is 13.4. The standard InChI is InChI=1S/C31H34N4O5/c32-19-8-7-13-27(33-31(37)39-22-25-11-5-2-6-12-25)29(36)30-34-28(40-35-30)21-24-14-16-26(17-15-24)38-20-18-23-9-3-1-4-10-23/h1-6,9-12,14-17,27H,7-8,13,18-22,32H2,(H,33,37). The Hall–Kier alpha value is -4.50.